The molecule has 2 aromatic heterocycles. The molecule has 2 aromatic carbocycles. The van der Waals surface area contributed by atoms with E-state index in [2.05, 4.69) is 4.98 Å². The van der Waals surface area contributed by atoms with Gasteiger partial charge in [-0.2, -0.15) is 0 Å². The Labute approximate surface area is 168 Å². The molecule has 0 bridgehead atoms. The number of rotatable bonds is 4. The number of amides is 1. The van der Waals surface area contributed by atoms with Crippen molar-refractivity contribution in [2.24, 2.45) is 0 Å². The Hall–Kier alpha value is -3.05. The van der Waals surface area contributed by atoms with E-state index in [1.165, 1.54) is 5.56 Å². The van der Waals surface area contributed by atoms with Gasteiger partial charge in [0.25, 0.3) is 5.91 Å². The van der Waals surface area contributed by atoms with Gasteiger partial charge in [-0.05, 0) is 67.3 Å². The van der Waals surface area contributed by atoms with Gasteiger partial charge >= 0.3 is 0 Å². The molecule has 0 N–H and O–H groups in total. The van der Waals surface area contributed by atoms with Crippen molar-refractivity contribution >= 4 is 32.6 Å². The molecule has 0 spiro atoms. The summed E-state index contributed by atoms with van der Waals surface area (Å²) < 4.78 is 1.08. The number of aromatic nitrogens is 2. The summed E-state index contributed by atoms with van der Waals surface area (Å²) in [5.41, 5.74) is 5.98. The minimum atomic E-state index is -0.0522. The van der Waals surface area contributed by atoms with Crippen LogP contribution in [0.5, 0.6) is 0 Å². The molecule has 0 radical (unpaired) electrons. The number of hydrogen-bond acceptors (Lipinski definition) is 4. The van der Waals surface area contributed by atoms with Crippen LogP contribution in [-0.2, 0) is 6.54 Å². The number of fused-ring (bicyclic) bond motifs is 1. The van der Waals surface area contributed by atoms with Crippen LogP contribution in [0.4, 0.5) is 5.13 Å². The van der Waals surface area contributed by atoms with Gasteiger partial charge in [0.1, 0.15) is 0 Å². The van der Waals surface area contributed by atoms with E-state index in [1.807, 2.05) is 69.3 Å². The molecule has 0 aliphatic rings. The smallest absolute Gasteiger partial charge is 0.260 e. The van der Waals surface area contributed by atoms with Crippen molar-refractivity contribution < 1.29 is 4.79 Å². The van der Waals surface area contributed by atoms with E-state index in [0.717, 1.165) is 26.9 Å². The zero-order valence-electron chi connectivity index (χ0n) is 16.1. The van der Waals surface area contributed by atoms with Crippen molar-refractivity contribution in [1.29, 1.82) is 0 Å². The van der Waals surface area contributed by atoms with Gasteiger partial charge in [0.2, 0.25) is 0 Å². The minimum absolute atomic E-state index is 0.0522. The van der Waals surface area contributed by atoms with Crippen LogP contribution in [0.3, 0.4) is 0 Å². The molecule has 4 nitrogen and oxygen atoms in total. The highest BCUT2D eigenvalue weighted by Gasteiger charge is 2.22. The van der Waals surface area contributed by atoms with E-state index in [1.54, 1.807) is 28.6 Å². The Bertz CT molecular complexity index is 1150. The van der Waals surface area contributed by atoms with Gasteiger partial charge in [-0.3, -0.25) is 14.7 Å². The molecule has 0 saturated heterocycles. The largest absolute Gasteiger partial charge is 0.279 e. The van der Waals surface area contributed by atoms with Crippen LogP contribution in [0.2, 0.25) is 0 Å². The predicted octanol–water partition coefficient (Wildman–Crippen LogP) is 5.46. The average molecular weight is 388 g/mol. The third-order valence-corrected chi connectivity index (χ3v) is 5.95. The Morgan fingerprint density at radius 1 is 1.00 bits per heavy atom. The summed E-state index contributed by atoms with van der Waals surface area (Å²) in [5.74, 6) is -0.0522. The number of aryl methyl sites for hydroxylation is 3. The fourth-order valence-electron chi connectivity index (χ4n) is 3.12. The van der Waals surface area contributed by atoms with Crippen molar-refractivity contribution in [1.82, 2.24) is 9.97 Å². The number of nitrogens with zero attached hydrogens (tertiary/aromatic N) is 3. The maximum Gasteiger partial charge on any atom is 0.260 e. The minimum Gasteiger partial charge on any atom is -0.279 e. The van der Waals surface area contributed by atoms with E-state index >= 15 is 0 Å². The van der Waals surface area contributed by atoms with Crippen molar-refractivity contribution in [2.45, 2.75) is 27.3 Å². The van der Waals surface area contributed by atoms with Crippen molar-refractivity contribution in [3.63, 3.8) is 0 Å². The normalized spacial score (nSPS) is 11.0. The zero-order chi connectivity index (χ0) is 19.7. The molecule has 2 heterocycles. The Kier molecular flexibility index (Phi) is 4.92. The first kappa shape index (κ1) is 18.3. The molecule has 0 unspecified atom stereocenters. The van der Waals surface area contributed by atoms with Crippen LogP contribution < -0.4 is 4.90 Å². The van der Waals surface area contributed by atoms with Crippen LogP contribution in [0, 0.1) is 20.8 Å². The third kappa shape index (κ3) is 3.53. The molecule has 5 heteroatoms. The number of para-hydroxylation sites is 1. The first-order valence-electron chi connectivity index (χ1n) is 9.17. The second-order valence-electron chi connectivity index (χ2n) is 6.97. The van der Waals surface area contributed by atoms with Gasteiger partial charge in [0.15, 0.2) is 5.13 Å². The van der Waals surface area contributed by atoms with Crippen LogP contribution in [0.15, 0.2) is 60.9 Å². The summed E-state index contributed by atoms with van der Waals surface area (Å²) in [4.78, 5) is 24.2. The molecule has 4 rings (SSSR count). The lowest BCUT2D eigenvalue weighted by Crippen LogP contribution is -2.30. The van der Waals surface area contributed by atoms with Gasteiger partial charge in [-0.15, -0.1) is 0 Å². The molecule has 1 amide bonds. The lowest BCUT2D eigenvalue weighted by molar-refractivity contribution is 0.0985. The molecule has 0 aliphatic heterocycles. The fraction of sp³-hybridized carbons (Fsp3) is 0.174. The molecule has 140 valence electrons. The van der Waals surface area contributed by atoms with Gasteiger partial charge in [-0.25, -0.2) is 4.98 Å². The number of hydrogen-bond donors (Lipinski definition) is 0. The maximum atomic E-state index is 13.4. The highest BCUT2D eigenvalue weighted by Crippen LogP contribution is 2.32. The quantitative estimate of drug-likeness (QED) is 0.467. The van der Waals surface area contributed by atoms with E-state index in [4.69, 9.17) is 4.98 Å². The predicted molar refractivity (Wildman–Crippen MR) is 115 cm³/mol. The van der Waals surface area contributed by atoms with Crippen LogP contribution in [0.1, 0.15) is 32.6 Å². The number of carbonyl (C=O) groups is 1. The number of benzene rings is 2. The van der Waals surface area contributed by atoms with Gasteiger partial charge in [-0.1, -0.05) is 35.6 Å². The first-order chi connectivity index (χ1) is 13.5. The van der Waals surface area contributed by atoms with E-state index in [9.17, 15) is 4.79 Å². The molecule has 0 saturated carbocycles. The second-order valence-corrected chi connectivity index (χ2v) is 7.98. The van der Waals surface area contributed by atoms with Crippen molar-refractivity contribution in [3.8, 4) is 0 Å². The molecular weight excluding hydrogens is 366 g/mol. The summed E-state index contributed by atoms with van der Waals surface area (Å²) in [7, 11) is 0. The highest BCUT2D eigenvalue weighted by atomic mass is 32.1. The number of carbonyl (C=O) groups excluding carboxylic acids is 1. The Morgan fingerprint density at radius 2 is 1.86 bits per heavy atom. The van der Waals surface area contributed by atoms with E-state index < -0.39 is 0 Å². The number of anilines is 1. The monoisotopic (exact) mass is 387 g/mol. The fourth-order valence-corrected chi connectivity index (χ4v) is 4.16. The van der Waals surface area contributed by atoms with Crippen LogP contribution in [-0.4, -0.2) is 15.9 Å². The zero-order valence-corrected chi connectivity index (χ0v) is 17.0. The van der Waals surface area contributed by atoms with Crippen LogP contribution in [0.25, 0.3) is 10.2 Å². The molecule has 0 fully saturated rings. The lowest BCUT2D eigenvalue weighted by Gasteiger charge is -2.20. The molecule has 4 aromatic rings. The van der Waals surface area contributed by atoms with E-state index in [0.29, 0.717) is 17.2 Å². The molecule has 0 atom stereocenters. The second kappa shape index (κ2) is 7.52. The molecule has 28 heavy (non-hydrogen) atoms. The standard InChI is InChI=1S/C23H21N3OS/c1-15-9-10-19(12-17(15)3)22(27)26(14-18-7-5-11-24-13-18)23-25-21-16(2)6-4-8-20(21)28-23/h4-13H,14H2,1-3H3. The number of thiazole rings is 1. The topological polar surface area (TPSA) is 46.1 Å². The summed E-state index contributed by atoms with van der Waals surface area (Å²) >= 11 is 1.54. The molecule has 0 aliphatic carbocycles. The number of pyridine rings is 1. The Morgan fingerprint density at radius 3 is 2.57 bits per heavy atom. The van der Waals surface area contributed by atoms with Gasteiger partial charge < -0.3 is 0 Å². The van der Waals surface area contributed by atoms with Crippen molar-refractivity contribution in [2.75, 3.05) is 4.90 Å². The van der Waals surface area contributed by atoms with Crippen molar-refractivity contribution in [3.05, 3.63) is 88.7 Å². The van der Waals surface area contributed by atoms with Gasteiger partial charge in [0, 0.05) is 18.0 Å². The summed E-state index contributed by atoms with van der Waals surface area (Å²) in [6.07, 6.45) is 3.53. The summed E-state index contributed by atoms with van der Waals surface area (Å²) in [6.45, 7) is 6.55. The maximum absolute atomic E-state index is 13.4. The van der Waals surface area contributed by atoms with E-state index in [-0.39, 0.29) is 5.91 Å². The summed E-state index contributed by atoms with van der Waals surface area (Å²) in [5, 5.41) is 0.705. The lowest BCUT2D eigenvalue weighted by atomic mass is 10.1. The van der Waals surface area contributed by atoms with Gasteiger partial charge in [0.05, 0.1) is 16.8 Å². The summed E-state index contributed by atoms with van der Waals surface area (Å²) in [6, 6.07) is 15.8. The highest BCUT2D eigenvalue weighted by molar-refractivity contribution is 7.22. The average Bonchev–Trinajstić information content (AvgIpc) is 3.14. The van der Waals surface area contributed by atoms with Crippen LogP contribution >= 0.6 is 11.3 Å². The third-order valence-electron chi connectivity index (χ3n) is 4.90. The molecular formula is C23H21N3OS. The Balaban J connectivity index is 1.79. The SMILES string of the molecule is Cc1ccc(C(=O)N(Cc2cccnc2)c2nc3c(C)cccc3s2)cc1C. The first-order valence-corrected chi connectivity index (χ1v) is 9.99.